The minimum Gasteiger partial charge on any atom is -0.437 e. The van der Waals surface area contributed by atoms with Gasteiger partial charge in [-0.25, -0.2) is 8.42 Å². The van der Waals surface area contributed by atoms with Crippen molar-refractivity contribution in [2.45, 2.75) is 37.6 Å². The fourth-order valence-corrected chi connectivity index (χ4v) is 5.63. The molecule has 2 heterocycles. The molecule has 2 fully saturated rings. The highest BCUT2D eigenvalue weighted by Crippen LogP contribution is 2.37. The first-order chi connectivity index (χ1) is 18.1. The molecule has 1 aliphatic carbocycles. The van der Waals surface area contributed by atoms with E-state index in [1.807, 2.05) is 19.1 Å². The minimum atomic E-state index is -4.17. The number of aromatic nitrogens is 2. The number of amides is 1. The minimum absolute atomic E-state index is 0.107. The van der Waals surface area contributed by atoms with E-state index in [9.17, 15) is 23.3 Å². The second-order valence-electron chi connectivity index (χ2n) is 9.28. The Bertz CT molecular complexity index is 1490. The molecular formula is C25H27N5O7S. The summed E-state index contributed by atoms with van der Waals surface area (Å²) in [4.78, 5) is 23.4. The largest absolute Gasteiger partial charge is 0.437 e. The molecule has 0 radical (unpaired) electrons. The summed E-state index contributed by atoms with van der Waals surface area (Å²) in [5, 5.41) is 18.9. The van der Waals surface area contributed by atoms with Crippen LogP contribution in [0.4, 0.5) is 5.69 Å². The Labute approximate surface area is 219 Å². The molecular weight excluding hydrogens is 514 g/mol. The van der Waals surface area contributed by atoms with Gasteiger partial charge in [0.05, 0.1) is 23.8 Å². The fourth-order valence-electron chi connectivity index (χ4n) is 4.08. The number of hydrogen-bond donors (Lipinski definition) is 1. The molecule has 3 aromatic rings. The summed E-state index contributed by atoms with van der Waals surface area (Å²) in [6.45, 7) is 4.23. The molecule has 200 valence electrons. The van der Waals surface area contributed by atoms with Crippen molar-refractivity contribution in [3.8, 4) is 17.3 Å². The van der Waals surface area contributed by atoms with Crippen LogP contribution in [-0.2, 0) is 14.8 Å². The van der Waals surface area contributed by atoms with Gasteiger partial charge in [-0.3, -0.25) is 14.9 Å². The number of ether oxygens (including phenoxy) is 2. The zero-order chi connectivity index (χ0) is 27.0. The number of nitro benzene ring substituents is 1. The molecule has 0 bridgehead atoms. The van der Waals surface area contributed by atoms with E-state index in [-0.39, 0.29) is 60.5 Å². The van der Waals surface area contributed by atoms with E-state index in [1.54, 1.807) is 19.1 Å². The Balaban J connectivity index is 1.62. The van der Waals surface area contributed by atoms with Gasteiger partial charge >= 0.3 is 0 Å². The van der Waals surface area contributed by atoms with E-state index in [0.29, 0.717) is 11.3 Å². The van der Waals surface area contributed by atoms with E-state index >= 15 is 0 Å². The normalized spacial score (nSPS) is 16.3. The lowest BCUT2D eigenvalue weighted by atomic mass is 10.2. The summed E-state index contributed by atoms with van der Waals surface area (Å²) in [6, 6.07) is 10.9. The van der Waals surface area contributed by atoms with E-state index in [4.69, 9.17) is 9.47 Å². The number of carbonyl (C=O) groups is 1. The van der Waals surface area contributed by atoms with Crippen LogP contribution >= 0.6 is 0 Å². The quantitative estimate of drug-likeness (QED) is 0.338. The Hall–Kier alpha value is -3.81. The fraction of sp³-hybridized carbons (Fsp3) is 0.360. The SMILES string of the molecule is Cc1ccc(-n2nc(C(=O)NC3CC3)c(C)c2Oc2ccc([N+](=O)[O-])cc2S(=O)(=O)N2CCOCC2)cc1. The van der Waals surface area contributed by atoms with Crippen LogP contribution in [-0.4, -0.2) is 65.7 Å². The van der Waals surface area contributed by atoms with Crippen LogP contribution in [0, 0.1) is 24.0 Å². The van der Waals surface area contributed by atoms with Gasteiger partial charge in [0, 0.05) is 36.8 Å². The molecule has 1 saturated carbocycles. The van der Waals surface area contributed by atoms with E-state index in [1.165, 1.54) is 21.1 Å². The standard InChI is InChI=1S/C25H27N5O7S/c1-16-3-7-19(8-4-16)29-25(17(2)23(27-29)24(31)26-18-5-6-18)37-21-10-9-20(30(32)33)15-22(21)38(34,35)28-11-13-36-14-12-28/h3-4,7-10,15,18H,5-6,11-14H2,1-2H3,(H,26,31). The van der Waals surface area contributed by atoms with Gasteiger partial charge in [-0.15, -0.1) is 0 Å². The number of sulfonamides is 1. The molecule has 1 amide bonds. The van der Waals surface area contributed by atoms with Crippen LogP contribution in [0.3, 0.4) is 0 Å². The Morgan fingerprint density at radius 1 is 1.13 bits per heavy atom. The van der Waals surface area contributed by atoms with Crippen molar-refractivity contribution in [2.24, 2.45) is 0 Å². The number of nitro groups is 1. The van der Waals surface area contributed by atoms with E-state index in [0.717, 1.165) is 24.5 Å². The molecule has 1 N–H and O–H groups in total. The molecule has 5 rings (SSSR count). The number of carbonyl (C=O) groups excluding carboxylic acids is 1. The van der Waals surface area contributed by atoms with Crippen molar-refractivity contribution in [3.05, 3.63) is 69.4 Å². The number of benzene rings is 2. The van der Waals surface area contributed by atoms with Crippen molar-refractivity contribution >= 4 is 21.6 Å². The lowest BCUT2D eigenvalue weighted by Gasteiger charge is -2.26. The summed E-state index contributed by atoms with van der Waals surface area (Å²) >= 11 is 0. The first-order valence-corrected chi connectivity index (χ1v) is 13.6. The lowest BCUT2D eigenvalue weighted by Crippen LogP contribution is -2.40. The lowest BCUT2D eigenvalue weighted by molar-refractivity contribution is -0.385. The van der Waals surface area contributed by atoms with E-state index < -0.39 is 20.6 Å². The third-order valence-corrected chi connectivity index (χ3v) is 8.33. The third-order valence-electron chi connectivity index (χ3n) is 6.41. The van der Waals surface area contributed by atoms with Gasteiger partial charge in [0.2, 0.25) is 15.9 Å². The van der Waals surface area contributed by atoms with Crippen LogP contribution in [0.5, 0.6) is 11.6 Å². The summed E-state index contributed by atoms with van der Waals surface area (Å²) in [7, 11) is -4.17. The predicted octanol–water partition coefficient (Wildman–Crippen LogP) is 3.10. The number of nitrogens with zero attached hydrogens (tertiary/aromatic N) is 4. The number of hydrogen-bond acceptors (Lipinski definition) is 8. The molecule has 2 aliphatic rings. The molecule has 0 spiro atoms. The Morgan fingerprint density at radius 3 is 2.45 bits per heavy atom. The van der Waals surface area contributed by atoms with Crippen LogP contribution in [0.25, 0.3) is 5.69 Å². The smallest absolute Gasteiger partial charge is 0.272 e. The van der Waals surface area contributed by atoms with E-state index in [2.05, 4.69) is 10.4 Å². The Kier molecular flexibility index (Phi) is 6.90. The highest BCUT2D eigenvalue weighted by molar-refractivity contribution is 7.89. The summed E-state index contributed by atoms with van der Waals surface area (Å²) < 4.78 is 41.2. The van der Waals surface area contributed by atoms with Gasteiger partial charge in [-0.2, -0.15) is 14.1 Å². The maximum Gasteiger partial charge on any atom is 0.272 e. The van der Waals surface area contributed by atoms with Crippen molar-refractivity contribution in [2.75, 3.05) is 26.3 Å². The van der Waals surface area contributed by atoms with Crippen LogP contribution < -0.4 is 10.1 Å². The van der Waals surface area contributed by atoms with Gasteiger partial charge in [-0.05, 0) is 44.9 Å². The summed E-state index contributed by atoms with van der Waals surface area (Å²) in [6.07, 6.45) is 1.80. The molecule has 1 saturated heterocycles. The maximum atomic E-state index is 13.6. The molecule has 13 heteroatoms. The van der Waals surface area contributed by atoms with Crippen LogP contribution in [0.1, 0.15) is 34.5 Å². The van der Waals surface area contributed by atoms with Gasteiger partial charge in [0.25, 0.3) is 11.6 Å². The maximum absolute atomic E-state index is 13.6. The zero-order valence-corrected chi connectivity index (χ0v) is 21.7. The van der Waals surface area contributed by atoms with Crippen molar-refractivity contribution < 1.29 is 27.6 Å². The highest BCUT2D eigenvalue weighted by atomic mass is 32.2. The molecule has 0 unspecified atom stereocenters. The van der Waals surface area contributed by atoms with Crippen LogP contribution in [0.15, 0.2) is 47.4 Å². The molecule has 12 nitrogen and oxygen atoms in total. The number of rotatable bonds is 8. The average molecular weight is 542 g/mol. The second-order valence-corrected chi connectivity index (χ2v) is 11.2. The molecule has 2 aromatic carbocycles. The first-order valence-electron chi connectivity index (χ1n) is 12.2. The summed E-state index contributed by atoms with van der Waals surface area (Å²) in [5.41, 5.74) is 1.76. The number of nitrogens with one attached hydrogen (secondary N) is 1. The number of aryl methyl sites for hydroxylation is 1. The van der Waals surface area contributed by atoms with Gasteiger partial charge in [0.15, 0.2) is 5.69 Å². The topological polar surface area (TPSA) is 146 Å². The van der Waals surface area contributed by atoms with Crippen molar-refractivity contribution in [1.82, 2.24) is 19.4 Å². The average Bonchev–Trinajstić information content (AvgIpc) is 3.67. The van der Waals surface area contributed by atoms with Gasteiger partial charge in [-0.1, -0.05) is 17.7 Å². The number of morpholine rings is 1. The summed E-state index contributed by atoms with van der Waals surface area (Å²) in [5.74, 6) is -0.347. The number of non-ortho nitro benzene ring substituents is 1. The Morgan fingerprint density at radius 2 is 1.82 bits per heavy atom. The molecule has 1 aromatic heterocycles. The van der Waals surface area contributed by atoms with Gasteiger partial charge in [0.1, 0.15) is 10.6 Å². The second kappa shape index (κ2) is 10.2. The van der Waals surface area contributed by atoms with Crippen molar-refractivity contribution in [1.29, 1.82) is 0 Å². The monoisotopic (exact) mass is 541 g/mol. The van der Waals surface area contributed by atoms with Gasteiger partial charge < -0.3 is 14.8 Å². The first kappa shape index (κ1) is 25.8. The third kappa shape index (κ3) is 5.12. The predicted molar refractivity (Wildman–Crippen MR) is 136 cm³/mol. The highest BCUT2D eigenvalue weighted by Gasteiger charge is 2.33. The molecule has 1 aliphatic heterocycles. The zero-order valence-electron chi connectivity index (χ0n) is 20.9. The van der Waals surface area contributed by atoms with Crippen LogP contribution in [0.2, 0.25) is 0 Å². The molecule has 0 atom stereocenters. The molecule has 38 heavy (non-hydrogen) atoms. The van der Waals surface area contributed by atoms with Crippen molar-refractivity contribution in [3.63, 3.8) is 0 Å².